The molecule has 1 aromatic heterocycles. The van der Waals surface area contributed by atoms with Crippen LogP contribution < -0.4 is 9.99 Å². The van der Waals surface area contributed by atoms with Crippen molar-refractivity contribution in [3.63, 3.8) is 0 Å². The molecule has 0 bridgehead atoms. The van der Waals surface area contributed by atoms with Crippen molar-refractivity contribution in [2.45, 2.75) is 18.6 Å². The number of aromatic hydroxyl groups is 1. The Morgan fingerprint density at radius 2 is 2.04 bits per heavy atom. The Balaban J connectivity index is 1.58. The molecule has 0 aliphatic carbocycles. The lowest BCUT2D eigenvalue weighted by Gasteiger charge is -1.99. The molecule has 7 heteroatoms. The maximum atomic E-state index is 12.0. The lowest BCUT2D eigenvalue weighted by Crippen LogP contribution is -2.34. The van der Waals surface area contributed by atoms with Gasteiger partial charge in [0.15, 0.2) is 11.0 Å². The summed E-state index contributed by atoms with van der Waals surface area (Å²) >= 11 is 1.44. The normalized spacial score (nSPS) is 11.2. The number of imidazole rings is 1. The first-order valence-electron chi connectivity index (χ1n) is 7.91. The fourth-order valence-corrected chi connectivity index (χ4v) is 3.34. The summed E-state index contributed by atoms with van der Waals surface area (Å²) in [5.74, 6) is 0.279. The van der Waals surface area contributed by atoms with Gasteiger partial charge in [0.1, 0.15) is 5.75 Å². The average Bonchev–Trinajstić information content (AvgIpc) is 2.99. The summed E-state index contributed by atoms with van der Waals surface area (Å²) in [4.78, 5) is 15.3. The highest BCUT2D eigenvalue weighted by atomic mass is 32.2. The van der Waals surface area contributed by atoms with Crippen LogP contribution in [-0.2, 0) is 11.3 Å². The molecule has 3 aromatic rings. The van der Waals surface area contributed by atoms with Crippen molar-refractivity contribution < 1.29 is 14.5 Å². The van der Waals surface area contributed by atoms with Crippen LogP contribution in [0.15, 0.2) is 58.8 Å². The first-order valence-corrected chi connectivity index (χ1v) is 8.90. The molecule has 0 unspecified atom stereocenters. The zero-order valence-corrected chi connectivity index (χ0v) is 14.6. The first kappa shape index (κ1) is 17.0. The monoisotopic (exact) mass is 355 g/mol. The largest absolute Gasteiger partial charge is 0.508 e. The number of aromatic nitrogens is 2. The number of para-hydroxylation sites is 2. The van der Waals surface area contributed by atoms with E-state index in [-0.39, 0.29) is 17.4 Å². The smallest absolute Gasteiger partial charge is 0.317 e. The Labute approximate surface area is 149 Å². The summed E-state index contributed by atoms with van der Waals surface area (Å²) in [6.45, 7) is 2.90. The molecule has 0 aliphatic heterocycles. The number of benzene rings is 2. The second-order valence-electron chi connectivity index (χ2n) is 5.36. The Kier molecular flexibility index (Phi) is 5.35. The van der Waals surface area contributed by atoms with Crippen LogP contribution in [0, 0.1) is 0 Å². The van der Waals surface area contributed by atoms with Gasteiger partial charge < -0.3 is 5.11 Å². The molecule has 0 radical (unpaired) electrons. The highest BCUT2D eigenvalue weighted by Crippen LogP contribution is 2.17. The number of H-pyrrole nitrogens is 1. The van der Waals surface area contributed by atoms with Crippen LogP contribution in [0.1, 0.15) is 12.5 Å². The molecule has 1 heterocycles. The lowest BCUT2D eigenvalue weighted by molar-refractivity contribution is -0.705. The Morgan fingerprint density at radius 3 is 2.80 bits per heavy atom. The van der Waals surface area contributed by atoms with Gasteiger partial charge in [-0.15, -0.1) is 0 Å². The van der Waals surface area contributed by atoms with E-state index in [1.807, 2.05) is 18.2 Å². The van der Waals surface area contributed by atoms with Crippen LogP contribution in [0.2, 0.25) is 0 Å². The number of thioether (sulfide) groups is 1. The Hall–Kier alpha value is -2.80. The molecule has 0 atom stereocenters. The van der Waals surface area contributed by atoms with E-state index in [2.05, 4.69) is 33.1 Å². The number of aromatic amines is 1. The van der Waals surface area contributed by atoms with Gasteiger partial charge in [0, 0.05) is 0 Å². The summed E-state index contributed by atoms with van der Waals surface area (Å²) in [7, 11) is 0. The van der Waals surface area contributed by atoms with Gasteiger partial charge in [0.2, 0.25) is 0 Å². The minimum absolute atomic E-state index is 0.179. The minimum atomic E-state index is -0.179. The number of carbonyl (C=O) groups excluding carboxylic acids is 1. The van der Waals surface area contributed by atoms with E-state index in [0.29, 0.717) is 0 Å². The van der Waals surface area contributed by atoms with Gasteiger partial charge in [0.25, 0.3) is 5.91 Å². The molecular formula is C18H19N4O2S+. The zero-order chi connectivity index (χ0) is 17.6. The predicted molar refractivity (Wildman–Crippen MR) is 98.7 cm³/mol. The number of aryl methyl sites for hydroxylation is 1. The van der Waals surface area contributed by atoms with E-state index in [9.17, 15) is 9.90 Å². The van der Waals surface area contributed by atoms with E-state index in [1.165, 1.54) is 18.0 Å². The van der Waals surface area contributed by atoms with Crippen LogP contribution in [0.5, 0.6) is 5.75 Å². The van der Waals surface area contributed by atoms with Crippen molar-refractivity contribution >= 4 is 34.9 Å². The number of nitrogens with one attached hydrogen (secondary N) is 2. The molecule has 25 heavy (non-hydrogen) atoms. The van der Waals surface area contributed by atoms with Gasteiger partial charge >= 0.3 is 5.16 Å². The third kappa shape index (κ3) is 4.19. The van der Waals surface area contributed by atoms with E-state index in [0.717, 1.165) is 28.3 Å². The number of carbonyl (C=O) groups is 1. The number of nitrogens with zero attached hydrogens (tertiary/aromatic N) is 2. The molecule has 2 aromatic carbocycles. The van der Waals surface area contributed by atoms with Crippen molar-refractivity contribution in [2.75, 3.05) is 5.75 Å². The number of hydrogen-bond acceptors (Lipinski definition) is 4. The van der Waals surface area contributed by atoms with Crippen LogP contribution in [0.4, 0.5) is 0 Å². The fourth-order valence-electron chi connectivity index (χ4n) is 2.44. The summed E-state index contributed by atoms with van der Waals surface area (Å²) in [5, 5.41) is 14.1. The Morgan fingerprint density at radius 1 is 1.28 bits per heavy atom. The number of amides is 1. The zero-order valence-electron chi connectivity index (χ0n) is 13.8. The molecular weight excluding hydrogens is 336 g/mol. The highest BCUT2D eigenvalue weighted by molar-refractivity contribution is 7.99. The number of fused-ring (bicyclic) bond motifs is 1. The first-order chi connectivity index (χ1) is 12.2. The summed E-state index contributed by atoms with van der Waals surface area (Å²) in [5.41, 5.74) is 5.48. The van der Waals surface area contributed by atoms with Crippen LogP contribution in [-0.4, -0.2) is 28.0 Å². The SMILES string of the molecule is CC[n+]1c(SCC(=O)N/N=C/c2ccc(O)cc2)[nH]c2ccccc21. The highest BCUT2D eigenvalue weighted by Gasteiger charge is 2.18. The summed E-state index contributed by atoms with van der Waals surface area (Å²) < 4.78 is 2.15. The molecule has 3 rings (SSSR count). The van der Waals surface area contributed by atoms with E-state index < -0.39 is 0 Å². The molecule has 0 fully saturated rings. The predicted octanol–water partition coefficient (Wildman–Crippen LogP) is 2.42. The average molecular weight is 355 g/mol. The fraction of sp³-hybridized carbons (Fsp3) is 0.167. The van der Waals surface area contributed by atoms with Gasteiger partial charge in [0.05, 0.1) is 18.5 Å². The van der Waals surface area contributed by atoms with Gasteiger partial charge in [-0.05, 0) is 60.6 Å². The molecule has 128 valence electrons. The third-order valence-electron chi connectivity index (χ3n) is 3.63. The molecule has 1 amide bonds. The van der Waals surface area contributed by atoms with Crippen molar-refractivity contribution in [2.24, 2.45) is 5.10 Å². The van der Waals surface area contributed by atoms with Crippen molar-refractivity contribution in [1.82, 2.24) is 10.4 Å². The summed E-state index contributed by atoms with van der Waals surface area (Å²) in [6.07, 6.45) is 1.54. The van der Waals surface area contributed by atoms with Gasteiger partial charge in [-0.3, -0.25) is 4.79 Å². The molecule has 6 nitrogen and oxygen atoms in total. The third-order valence-corrected chi connectivity index (χ3v) is 4.64. The quantitative estimate of drug-likeness (QED) is 0.275. The molecule has 0 saturated heterocycles. The van der Waals surface area contributed by atoms with E-state index in [1.54, 1.807) is 24.3 Å². The van der Waals surface area contributed by atoms with Gasteiger partial charge in [-0.25, -0.2) is 15.0 Å². The lowest BCUT2D eigenvalue weighted by atomic mass is 10.2. The van der Waals surface area contributed by atoms with Crippen molar-refractivity contribution in [1.29, 1.82) is 0 Å². The van der Waals surface area contributed by atoms with Gasteiger partial charge in [-0.1, -0.05) is 12.1 Å². The molecule has 0 spiro atoms. The second kappa shape index (κ2) is 7.85. The molecule has 0 aliphatic rings. The molecule has 3 N–H and O–H groups in total. The molecule has 0 saturated carbocycles. The van der Waals surface area contributed by atoms with Gasteiger partial charge in [-0.2, -0.15) is 5.10 Å². The Bertz CT molecular complexity index is 903. The minimum Gasteiger partial charge on any atom is -0.508 e. The number of phenolic OH excluding ortho intramolecular Hbond substituents is 1. The second-order valence-corrected chi connectivity index (χ2v) is 6.33. The number of hydrogen-bond donors (Lipinski definition) is 3. The van der Waals surface area contributed by atoms with Crippen molar-refractivity contribution in [3.8, 4) is 5.75 Å². The summed E-state index contributed by atoms with van der Waals surface area (Å²) in [6, 6.07) is 14.6. The van der Waals surface area contributed by atoms with Crippen LogP contribution >= 0.6 is 11.8 Å². The number of phenols is 1. The standard InChI is InChI=1S/C18H18N4O2S/c1-2-22-16-6-4-3-5-15(16)20-18(22)25-12-17(24)21-19-11-13-7-9-14(23)10-8-13/h3-11H,2,12H2,1H3,(H2,19,21,23,24)/p+1. The number of rotatable bonds is 6. The van der Waals surface area contributed by atoms with Crippen LogP contribution in [0.25, 0.3) is 11.0 Å². The van der Waals surface area contributed by atoms with E-state index in [4.69, 9.17) is 0 Å². The maximum absolute atomic E-state index is 12.0. The van der Waals surface area contributed by atoms with Crippen molar-refractivity contribution in [3.05, 3.63) is 54.1 Å². The maximum Gasteiger partial charge on any atom is 0.317 e. The number of hydrazone groups is 1. The topological polar surface area (TPSA) is 81.4 Å². The van der Waals surface area contributed by atoms with Crippen LogP contribution in [0.3, 0.4) is 0 Å². The van der Waals surface area contributed by atoms with E-state index >= 15 is 0 Å².